The van der Waals surface area contributed by atoms with Gasteiger partial charge in [0.05, 0.1) is 5.69 Å². The summed E-state index contributed by atoms with van der Waals surface area (Å²) in [4.78, 5) is 16.4. The molecule has 3 N–H and O–H groups in total. The molecular weight excluding hydrogens is 278 g/mol. The molecule has 0 radical (unpaired) electrons. The lowest BCUT2D eigenvalue weighted by atomic mass is 10.1. The molecule has 19 heavy (non-hydrogen) atoms. The van der Waals surface area contributed by atoms with Gasteiger partial charge in [-0.25, -0.2) is 4.98 Å². The zero-order valence-electron chi connectivity index (χ0n) is 11.2. The van der Waals surface area contributed by atoms with Gasteiger partial charge in [0.2, 0.25) is 5.91 Å². The van der Waals surface area contributed by atoms with Crippen molar-refractivity contribution in [2.24, 2.45) is 11.7 Å². The molecule has 1 aromatic heterocycles. The number of aromatic nitrogens is 1. The highest BCUT2D eigenvalue weighted by Crippen LogP contribution is 2.24. The molecule has 1 aliphatic rings. The van der Waals surface area contributed by atoms with E-state index < -0.39 is 0 Å². The monoisotopic (exact) mass is 299 g/mol. The molecule has 106 valence electrons. The molecule has 4 nitrogen and oxygen atoms in total. The van der Waals surface area contributed by atoms with Gasteiger partial charge in [-0.05, 0) is 25.5 Å². The fraction of sp³-hybridized carbons (Fsp3) is 0.692. The van der Waals surface area contributed by atoms with Gasteiger partial charge in [-0.2, -0.15) is 11.8 Å². The number of hydrogen-bond donors (Lipinski definition) is 2. The van der Waals surface area contributed by atoms with E-state index in [0.717, 1.165) is 42.1 Å². The molecule has 0 aromatic carbocycles. The average molecular weight is 299 g/mol. The van der Waals surface area contributed by atoms with Crippen molar-refractivity contribution in [3.63, 3.8) is 0 Å². The highest BCUT2D eigenvalue weighted by Gasteiger charge is 2.27. The molecule has 1 fully saturated rings. The Morgan fingerprint density at radius 3 is 3.16 bits per heavy atom. The third-order valence-electron chi connectivity index (χ3n) is 3.39. The summed E-state index contributed by atoms with van der Waals surface area (Å²) in [7, 11) is 0. The molecule has 6 heteroatoms. The van der Waals surface area contributed by atoms with Crippen LogP contribution in [-0.2, 0) is 17.0 Å². The minimum atomic E-state index is 0.123. The topological polar surface area (TPSA) is 68.0 Å². The van der Waals surface area contributed by atoms with Gasteiger partial charge in [-0.3, -0.25) is 4.79 Å². The van der Waals surface area contributed by atoms with Crippen LogP contribution < -0.4 is 11.1 Å². The summed E-state index contributed by atoms with van der Waals surface area (Å²) < 4.78 is 0. The number of nitrogens with one attached hydrogen (secondary N) is 1. The van der Waals surface area contributed by atoms with Gasteiger partial charge in [-0.15, -0.1) is 11.3 Å². The highest BCUT2D eigenvalue weighted by atomic mass is 32.2. The fourth-order valence-electron chi connectivity index (χ4n) is 2.37. The van der Waals surface area contributed by atoms with E-state index in [9.17, 15) is 4.79 Å². The molecule has 0 saturated heterocycles. The summed E-state index contributed by atoms with van der Waals surface area (Å²) in [5, 5.41) is 6.25. The average Bonchev–Trinajstić information content (AvgIpc) is 2.99. The molecule has 0 unspecified atom stereocenters. The second kappa shape index (κ2) is 7.26. The Labute approximate surface area is 122 Å². The first-order chi connectivity index (χ1) is 9.19. The third kappa shape index (κ3) is 4.47. The van der Waals surface area contributed by atoms with E-state index >= 15 is 0 Å². The maximum absolute atomic E-state index is 11.9. The Hall–Kier alpha value is -0.590. The largest absolute Gasteiger partial charge is 0.355 e. The molecule has 1 aromatic rings. The normalized spacial score (nSPS) is 22.6. The summed E-state index contributed by atoms with van der Waals surface area (Å²) in [5.74, 6) is 1.25. The van der Waals surface area contributed by atoms with Crippen LogP contribution in [-0.4, -0.2) is 29.7 Å². The van der Waals surface area contributed by atoms with E-state index in [1.807, 2.05) is 0 Å². The number of hydrogen-bond acceptors (Lipinski definition) is 5. The van der Waals surface area contributed by atoms with Gasteiger partial charge in [0.15, 0.2) is 0 Å². The summed E-state index contributed by atoms with van der Waals surface area (Å²) in [6.45, 7) is 0.674. The lowest BCUT2D eigenvalue weighted by molar-refractivity contribution is -0.124. The van der Waals surface area contributed by atoms with Crippen molar-refractivity contribution in [3.05, 3.63) is 16.1 Å². The number of carbonyl (C=O) groups is 1. The molecule has 2 atom stereocenters. The Morgan fingerprint density at radius 2 is 2.47 bits per heavy atom. The second-order valence-corrected chi connectivity index (χ2v) is 6.79. The van der Waals surface area contributed by atoms with Gasteiger partial charge in [0, 0.05) is 36.1 Å². The smallest absolute Gasteiger partial charge is 0.223 e. The van der Waals surface area contributed by atoms with Crippen LogP contribution in [0.2, 0.25) is 0 Å². The number of rotatable bonds is 6. The van der Waals surface area contributed by atoms with Gasteiger partial charge in [0.25, 0.3) is 0 Å². The highest BCUT2D eigenvalue weighted by molar-refractivity contribution is 7.97. The van der Waals surface area contributed by atoms with Crippen LogP contribution in [0.15, 0.2) is 5.38 Å². The van der Waals surface area contributed by atoms with Crippen LogP contribution in [0.5, 0.6) is 0 Å². The van der Waals surface area contributed by atoms with Crippen LogP contribution in [0.3, 0.4) is 0 Å². The van der Waals surface area contributed by atoms with E-state index in [1.165, 1.54) is 0 Å². The van der Waals surface area contributed by atoms with Crippen molar-refractivity contribution < 1.29 is 4.79 Å². The standard InChI is InChI=1S/C13H21N3OS2/c1-18-8-12-16-11(7-19-12)4-5-15-13(17)9-2-3-10(14)6-9/h7,9-10H,2-6,8,14H2,1H3,(H,15,17)/t9-,10+/m0/s1. The first-order valence-corrected chi connectivity index (χ1v) is 8.92. The van der Waals surface area contributed by atoms with Gasteiger partial charge in [-0.1, -0.05) is 0 Å². The zero-order valence-corrected chi connectivity index (χ0v) is 12.9. The zero-order chi connectivity index (χ0) is 13.7. The van der Waals surface area contributed by atoms with Crippen molar-refractivity contribution >= 4 is 29.0 Å². The molecule has 0 bridgehead atoms. The summed E-state index contributed by atoms with van der Waals surface area (Å²) in [6.07, 6.45) is 5.63. The van der Waals surface area contributed by atoms with Crippen molar-refractivity contribution in [3.8, 4) is 0 Å². The van der Waals surface area contributed by atoms with Crippen molar-refractivity contribution in [2.45, 2.75) is 37.5 Å². The number of nitrogens with two attached hydrogens (primary N) is 1. The Bertz CT molecular complexity index is 422. The molecule has 1 amide bonds. The molecule has 1 saturated carbocycles. The molecule has 1 aliphatic carbocycles. The number of nitrogens with zero attached hydrogens (tertiary/aromatic N) is 1. The molecule has 0 spiro atoms. The Morgan fingerprint density at radius 1 is 1.63 bits per heavy atom. The maximum atomic E-state index is 11.9. The predicted octanol–water partition coefficient (Wildman–Crippen LogP) is 1.79. The van der Waals surface area contributed by atoms with Crippen LogP contribution in [0.25, 0.3) is 0 Å². The Kier molecular flexibility index (Phi) is 5.66. The molecular formula is C13H21N3OS2. The van der Waals surface area contributed by atoms with E-state index in [0.29, 0.717) is 6.54 Å². The van der Waals surface area contributed by atoms with Gasteiger partial charge in [0.1, 0.15) is 5.01 Å². The lowest BCUT2D eigenvalue weighted by Gasteiger charge is -2.09. The summed E-state index contributed by atoms with van der Waals surface area (Å²) >= 11 is 3.48. The quantitative estimate of drug-likeness (QED) is 0.840. The van der Waals surface area contributed by atoms with Crippen molar-refractivity contribution in [1.29, 1.82) is 0 Å². The van der Waals surface area contributed by atoms with E-state index in [-0.39, 0.29) is 17.9 Å². The van der Waals surface area contributed by atoms with Crippen LogP contribution in [0, 0.1) is 5.92 Å². The molecule has 2 rings (SSSR count). The first-order valence-electron chi connectivity index (χ1n) is 6.64. The van der Waals surface area contributed by atoms with E-state index in [2.05, 4.69) is 21.9 Å². The first kappa shape index (κ1) is 14.8. The Balaban J connectivity index is 1.69. The van der Waals surface area contributed by atoms with Crippen LogP contribution >= 0.6 is 23.1 Å². The van der Waals surface area contributed by atoms with Gasteiger partial charge < -0.3 is 11.1 Å². The summed E-state index contributed by atoms with van der Waals surface area (Å²) in [6, 6.07) is 0.211. The van der Waals surface area contributed by atoms with Crippen LogP contribution in [0.1, 0.15) is 30.0 Å². The number of thiazole rings is 1. The predicted molar refractivity (Wildman–Crippen MR) is 81.4 cm³/mol. The fourth-order valence-corrected chi connectivity index (χ4v) is 3.92. The second-order valence-electron chi connectivity index (χ2n) is 4.98. The summed E-state index contributed by atoms with van der Waals surface area (Å²) in [5.41, 5.74) is 6.90. The minimum absolute atomic E-state index is 0.123. The molecule has 1 heterocycles. The third-order valence-corrected chi connectivity index (χ3v) is 5.03. The lowest BCUT2D eigenvalue weighted by Crippen LogP contribution is -2.32. The number of carbonyl (C=O) groups excluding carboxylic acids is 1. The molecule has 0 aliphatic heterocycles. The van der Waals surface area contributed by atoms with E-state index in [4.69, 9.17) is 5.73 Å². The van der Waals surface area contributed by atoms with Crippen molar-refractivity contribution in [1.82, 2.24) is 10.3 Å². The minimum Gasteiger partial charge on any atom is -0.355 e. The number of amides is 1. The maximum Gasteiger partial charge on any atom is 0.223 e. The van der Waals surface area contributed by atoms with Gasteiger partial charge >= 0.3 is 0 Å². The van der Waals surface area contributed by atoms with E-state index in [1.54, 1.807) is 23.1 Å². The van der Waals surface area contributed by atoms with Crippen molar-refractivity contribution in [2.75, 3.05) is 12.8 Å². The van der Waals surface area contributed by atoms with Crippen LogP contribution in [0.4, 0.5) is 0 Å². The SMILES string of the molecule is CSCc1nc(CCNC(=O)[C@H]2CC[C@@H](N)C2)cs1. The number of thioether (sulfide) groups is 1.